The van der Waals surface area contributed by atoms with E-state index in [1.165, 1.54) is 0 Å². The number of piperazine rings is 1. The molecule has 2 amide bonds. The van der Waals surface area contributed by atoms with E-state index in [1.807, 2.05) is 35.2 Å². The Hall–Kier alpha value is -2.71. The molecule has 26 heavy (non-hydrogen) atoms. The molecular weight excluding hydrogens is 350 g/mol. The van der Waals surface area contributed by atoms with E-state index < -0.39 is 0 Å². The fraction of sp³-hybridized carbons (Fsp3) is 0.278. The van der Waals surface area contributed by atoms with Gasteiger partial charge < -0.3 is 20.3 Å². The van der Waals surface area contributed by atoms with E-state index in [1.54, 1.807) is 29.2 Å². The molecular formula is C18H19N5O2S. The summed E-state index contributed by atoms with van der Waals surface area (Å²) in [4.78, 5) is 22.9. The molecule has 1 atom stereocenters. The lowest BCUT2D eigenvalue weighted by Crippen LogP contribution is -2.57. The first-order valence-corrected chi connectivity index (χ1v) is 9.32. The number of hydrogen-bond acceptors (Lipinski definition) is 6. The number of ether oxygens (including phenoxy) is 1. The lowest BCUT2D eigenvalue weighted by atomic mass is 10.2. The first-order chi connectivity index (χ1) is 12.8. The van der Waals surface area contributed by atoms with Crippen LogP contribution in [0.15, 0.2) is 48.2 Å². The summed E-state index contributed by atoms with van der Waals surface area (Å²) in [5.74, 6) is 0.703. The van der Waals surface area contributed by atoms with Gasteiger partial charge in [-0.15, -0.1) is 11.3 Å². The Bertz CT molecular complexity index is 885. The molecule has 0 aliphatic carbocycles. The summed E-state index contributed by atoms with van der Waals surface area (Å²) < 4.78 is 6.85. The van der Waals surface area contributed by atoms with Crippen molar-refractivity contribution >= 4 is 33.3 Å². The highest BCUT2D eigenvalue weighted by Crippen LogP contribution is 2.22. The number of pyridine rings is 1. The van der Waals surface area contributed by atoms with Crippen molar-refractivity contribution in [1.29, 1.82) is 0 Å². The quantitative estimate of drug-likeness (QED) is 0.739. The maximum Gasteiger partial charge on any atom is 0.322 e. The molecule has 1 aliphatic heterocycles. The van der Waals surface area contributed by atoms with Crippen LogP contribution in [0.4, 0.5) is 10.5 Å². The summed E-state index contributed by atoms with van der Waals surface area (Å²) >= 11 is 1.56. The lowest BCUT2D eigenvalue weighted by Gasteiger charge is -2.35. The van der Waals surface area contributed by atoms with Crippen molar-refractivity contribution in [2.45, 2.75) is 6.04 Å². The van der Waals surface area contributed by atoms with Crippen molar-refractivity contribution in [3.05, 3.63) is 48.2 Å². The molecule has 0 radical (unpaired) electrons. The predicted octanol–water partition coefficient (Wildman–Crippen LogP) is 2.58. The maximum absolute atomic E-state index is 12.8. The summed E-state index contributed by atoms with van der Waals surface area (Å²) in [6.07, 6.45) is 3.37. The topological polar surface area (TPSA) is 79.4 Å². The van der Waals surface area contributed by atoms with Gasteiger partial charge in [-0.2, -0.15) is 0 Å². The highest BCUT2D eigenvalue weighted by Gasteiger charge is 2.27. The monoisotopic (exact) mass is 369 g/mol. The third kappa shape index (κ3) is 3.76. The number of nitrogens with one attached hydrogen (secondary N) is 2. The number of aromatic nitrogens is 2. The molecule has 0 spiro atoms. The Labute approximate surface area is 155 Å². The molecule has 8 heteroatoms. The van der Waals surface area contributed by atoms with Gasteiger partial charge in [0.05, 0.1) is 28.0 Å². The van der Waals surface area contributed by atoms with Crippen LogP contribution in [-0.2, 0) is 0 Å². The molecule has 0 bridgehead atoms. The third-order valence-electron chi connectivity index (χ3n) is 4.27. The Morgan fingerprint density at radius 2 is 2.38 bits per heavy atom. The highest BCUT2D eigenvalue weighted by atomic mass is 32.1. The van der Waals surface area contributed by atoms with Gasteiger partial charge in [0.25, 0.3) is 0 Å². The molecule has 3 aromatic rings. The number of anilines is 1. The Kier molecular flexibility index (Phi) is 4.94. The summed E-state index contributed by atoms with van der Waals surface area (Å²) in [6, 6.07) is 9.28. The van der Waals surface area contributed by atoms with Crippen molar-refractivity contribution in [2.75, 3.05) is 31.6 Å². The minimum absolute atomic E-state index is 0.0453. The van der Waals surface area contributed by atoms with Gasteiger partial charge >= 0.3 is 6.03 Å². The van der Waals surface area contributed by atoms with Crippen LogP contribution < -0.4 is 15.4 Å². The van der Waals surface area contributed by atoms with Gasteiger partial charge in [0.15, 0.2) is 0 Å². The number of rotatable bonds is 4. The number of carbonyl (C=O) groups is 1. The van der Waals surface area contributed by atoms with Crippen LogP contribution in [0.25, 0.3) is 10.2 Å². The van der Waals surface area contributed by atoms with Crippen molar-refractivity contribution in [3.8, 4) is 5.75 Å². The van der Waals surface area contributed by atoms with E-state index in [4.69, 9.17) is 4.74 Å². The van der Waals surface area contributed by atoms with Crippen LogP contribution in [0.2, 0.25) is 0 Å². The van der Waals surface area contributed by atoms with Crippen molar-refractivity contribution in [3.63, 3.8) is 0 Å². The van der Waals surface area contributed by atoms with Gasteiger partial charge in [0.1, 0.15) is 12.4 Å². The number of thiazole rings is 1. The van der Waals surface area contributed by atoms with E-state index in [9.17, 15) is 4.79 Å². The molecule has 7 nitrogen and oxygen atoms in total. The molecule has 4 rings (SSSR count). The van der Waals surface area contributed by atoms with Crippen molar-refractivity contribution < 1.29 is 9.53 Å². The largest absolute Gasteiger partial charge is 0.490 e. The number of benzene rings is 1. The number of urea groups is 1. The van der Waals surface area contributed by atoms with Gasteiger partial charge in [0.2, 0.25) is 0 Å². The third-order valence-corrected chi connectivity index (χ3v) is 5.06. The van der Waals surface area contributed by atoms with Gasteiger partial charge in [-0.05, 0) is 30.3 Å². The van der Waals surface area contributed by atoms with E-state index in [2.05, 4.69) is 20.6 Å². The van der Waals surface area contributed by atoms with Gasteiger partial charge in [-0.3, -0.25) is 4.98 Å². The van der Waals surface area contributed by atoms with Crippen LogP contribution >= 0.6 is 11.3 Å². The summed E-state index contributed by atoms with van der Waals surface area (Å²) in [6.45, 7) is 2.52. The smallest absolute Gasteiger partial charge is 0.322 e. The second kappa shape index (κ2) is 7.67. The van der Waals surface area contributed by atoms with Gasteiger partial charge in [-0.1, -0.05) is 0 Å². The second-order valence-electron chi connectivity index (χ2n) is 6.02. The van der Waals surface area contributed by atoms with Crippen LogP contribution in [0, 0.1) is 0 Å². The van der Waals surface area contributed by atoms with Gasteiger partial charge in [0, 0.05) is 31.5 Å². The molecule has 2 aromatic heterocycles. The van der Waals surface area contributed by atoms with Crippen LogP contribution in [0.1, 0.15) is 0 Å². The molecule has 0 saturated carbocycles. The molecule has 1 aliphatic rings. The molecule has 2 N–H and O–H groups in total. The standard InChI is InChI=1S/C18H19N5O2S/c24-18(22-13-3-4-16-17(8-13)26-12-21-16)23-7-6-20-9-14(23)11-25-15-2-1-5-19-10-15/h1-5,8,10,12,14,20H,6-7,9,11H2,(H,22,24)/t14-/m0/s1. The molecule has 3 heterocycles. The van der Waals surface area contributed by atoms with E-state index in [0.717, 1.165) is 22.4 Å². The maximum atomic E-state index is 12.8. The normalized spacial score (nSPS) is 17.2. The Morgan fingerprint density at radius 3 is 3.27 bits per heavy atom. The molecule has 1 fully saturated rings. The van der Waals surface area contributed by atoms with Crippen LogP contribution in [0.3, 0.4) is 0 Å². The zero-order chi connectivity index (χ0) is 17.8. The number of hydrogen-bond donors (Lipinski definition) is 2. The van der Waals surface area contributed by atoms with E-state index >= 15 is 0 Å². The second-order valence-corrected chi connectivity index (χ2v) is 6.90. The fourth-order valence-electron chi connectivity index (χ4n) is 2.93. The van der Waals surface area contributed by atoms with Crippen LogP contribution in [-0.4, -0.2) is 53.2 Å². The van der Waals surface area contributed by atoms with Gasteiger partial charge in [-0.25, -0.2) is 9.78 Å². The molecule has 1 saturated heterocycles. The first kappa shape index (κ1) is 16.7. The lowest BCUT2D eigenvalue weighted by molar-refractivity contribution is 0.133. The molecule has 1 aromatic carbocycles. The van der Waals surface area contributed by atoms with Crippen LogP contribution in [0.5, 0.6) is 5.75 Å². The minimum Gasteiger partial charge on any atom is -0.490 e. The molecule has 0 unspecified atom stereocenters. The Morgan fingerprint density at radius 1 is 1.42 bits per heavy atom. The summed E-state index contributed by atoms with van der Waals surface area (Å²) in [5.41, 5.74) is 3.52. The Balaban J connectivity index is 1.42. The predicted molar refractivity (Wildman–Crippen MR) is 102 cm³/mol. The average Bonchev–Trinajstić information content (AvgIpc) is 3.15. The summed E-state index contributed by atoms with van der Waals surface area (Å²) in [5, 5.41) is 6.31. The summed E-state index contributed by atoms with van der Waals surface area (Å²) in [7, 11) is 0. The number of fused-ring (bicyclic) bond motifs is 1. The highest BCUT2D eigenvalue weighted by molar-refractivity contribution is 7.16. The number of carbonyl (C=O) groups excluding carboxylic acids is 1. The average molecular weight is 369 g/mol. The zero-order valence-electron chi connectivity index (χ0n) is 14.1. The van der Waals surface area contributed by atoms with E-state index in [0.29, 0.717) is 25.4 Å². The first-order valence-electron chi connectivity index (χ1n) is 8.44. The fourth-order valence-corrected chi connectivity index (χ4v) is 3.65. The van der Waals surface area contributed by atoms with E-state index in [-0.39, 0.29) is 12.1 Å². The van der Waals surface area contributed by atoms with Crippen molar-refractivity contribution in [2.24, 2.45) is 0 Å². The number of amides is 2. The SMILES string of the molecule is O=C(Nc1ccc2ncsc2c1)N1CCNC[C@H]1COc1cccnc1. The minimum atomic E-state index is -0.116. The zero-order valence-corrected chi connectivity index (χ0v) is 14.9. The molecule has 134 valence electrons. The number of nitrogens with zero attached hydrogens (tertiary/aromatic N) is 3. The van der Waals surface area contributed by atoms with Crippen molar-refractivity contribution in [1.82, 2.24) is 20.2 Å².